The average Bonchev–Trinajstić information content (AvgIpc) is 2.82. The average molecular weight is 330 g/mol. The van der Waals surface area contributed by atoms with E-state index >= 15 is 0 Å². The molecule has 6 heteroatoms. The fourth-order valence-electron chi connectivity index (χ4n) is 1.93. The highest BCUT2D eigenvalue weighted by Gasteiger charge is 2.11. The summed E-state index contributed by atoms with van der Waals surface area (Å²) in [5, 5.41) is 10.3. The third kappa shape index (κ3) is 2.98. The van der Waals surface area contributed by atoms with Crippen molar-refractivity contribution < 1.29 is 9.50 Å². The van der Waals surface area contributed by atoms with E-state index in [0.29, 0.717) is 14.5 Å². The van der Waals surface area contributed by atoms with Gasteiger partial charge in [0.15, 0.2) is 3.95 Å². The van der Waals surface area contributed by atoms with E-state index in [-0.39, 0.29) is 11.7 Å². The predicted octanol–water partition coefficient (Wildman–Crippen LogP) is 4.86. The third-order valence-corrected chi connectivity index (χ3v) is 4.28. The Morgan fingerprint density at radius 2 is 1.77 bits per heavy atom. The number of hydrogen-bond acceptors (Lipinski definition) is 4. The first-order valence-electron chi connectivity index (χ1n) is 6.45. The first-order valence-corrected chi connectivity index (χ1v) is 7.67. The fourth-order valence-corrected chi connectivity index (χ4v) is 3.15. The topological polar surface area (TPSA) is 37.5 Å². The molecule has 0 aliphatic carbocycles. The van der Waals surface area contributed by atoms with Gasteiger partial charge in [0.25, 0.3) is 0 Å². The number of aliphatic imine (C=N–C) groups is 1. The normalized spacial score (nSPS) is 11.1. The lowest BCUT2D eigenvalue weighted by atomic mass is 10.3. The Morgan fingerprint density at radius 3 is 2.45 bits per heavy atom. The molecule has 0 aliphatic rings. The Kier molecular flexibility index (Phi) is 4.13. The van der Waals surface area contributed by atoms with Crippen LogP contribution in [0, 0.1) is 9.77 Å². The van der Waals surface area contributed by atoms with Gasteiger partial charge in [-0.05, 0) is 48.6 Å². The maximum absolute atomic E-state index is 12.9. The molecule has 0 radical (unpaired) electrons. The maximum atomic E-state index is 12.9. The van der Waals surface area contributed by atoms with E-state index in [9.17, 15) is 9.50 Å². The number of para-hydroxylation sites is 1. The van der Waals surface area contributed by atoms with Gasteiger partial charge in [-0.25, -0.2) is 4.39 Å². The number of halogens is 1. The summed E-state index contributed by atoms with van der Waals surface area (Å²) >= 11 is 6.56. The van der Waals surface area contributed by atoms with Crippen molar-refractivity contribution in [1.82, 2.24) is 4.57 Å². The van der Waals surface area contributed by atoms with E-state index in [4.69, 9.17) is 12.2 Å². The number of benzene rings is 2. The Balaban J connectivity index is 1.96. The highest BCUT2D eigenvalue weighted by Crippen LogP contribution is 2.28. The Morgan fingerprint density at radius 1 is 1.09 bits per heavy atom. The second kappa shape index (κ2) is 6.21. The van der Waals surface area contributed by atoms with Crippen LogP contribution < -0.4 is 0 Å². The summed E-state index contributed by atoms with van der Waals surface area (Å²) in [6.45, 7) is 0. The van der Waals surface area contributed by atoms with Crippen LogP contribution in [0.15, 0.2) is 59.6 Å². The molecule has 22 heavy (non-hydrogen) atoms. The first-order chi connectivity index (χ1) is 10.6. The minimum absolute atomic E-state index is 0.0482. The molecule has 0 saturated heterocycles. The van der Waals surface area contributed by atoms with Gasteiger partial charge in [-0.1, -0.05) is 29.5 Å². The van der Waals surface area contributed by atoms with Crippen molar-refractivity contribution in [2.75, 3.05) is 0 Å². The monoisotopic (exact) mass is 330 g/mol. The second-order valence-corrected chi connectivity index (χ2v) is 6.14. The van der Waals surface area contributed by atoms with Gasteiger partial charge in [-0.3, -0.25) is 9.56 Å². The summed E-state index contributed by atoms with van der Waals surface area (Å²) < 4.78 is 15.0. The van der Waals surface area contributed by atoms with Crippen LogP contribution in [-0.4, -0.2) is 15.9 Å². The second-order valence-electron chi connectivity index (χ2n) is 4.46. The SMILES string of the molecule is Oc1c(C=Nc2ccc(F)cc2)sc(=S)n1-c1ccccc1. The Hall–Kier alpha value is -2.31. The quantitative estimate of drug-likeness (QED) is 0.550. The van der Waals surface area contributed by atoms with Crippen LogP contribution in [0.1, 0.15) is 4.88 Å². The van der Waals surface area contributed by atoms with Gasteiger partial charge in [0, 0.05) is 0 Å². The van der Waals surface area contributed by atoms with Crippen molar-refractivity contribution in [1.29, 1.82) is 0 Å². The minimum Gasteiger partial charge on any atom is -0.493 e. The number of aromatic hydroxyl groups is 1. The zero-order valence-corrected chi connectivity index (χ0v) is 12.9. The highest BCUT2D eigenvalue weighted by molar-refractivity contribution is 7.73. The van der Waals surface area contributed by atoms with E-state index in [0.717, 1.165) is 5.69 Å². The lowest BCUT2D eigenvalue weighted by molar-refractivity contribution is 0.441. The van der Waals surface area contributed by atoms with Crippen molar-refractivity contribution in [3.05, 3.63) is 69.2 Å². The molecule has 0 aliphatic heterocycles. The molecule has 1 aromatic heterocycles. The van der Waals surface area contributed by atoms with Crippen molar-refractivity contribution in [3.63, 3.8) is 0 Å². The molecule has 0 atom stereocenters. The van der Waals surface area contributed by atoms with Crippen LogP contribution in [-0.2, 0) is 0 Å². The van der Waals surface area contributed by atoms with Crippen LogP contribution in [0.2, 0.25) is 0 Å². The number of hydrogen-bond donors (Lipinski definition) is 1. The van der Waals surface area contributed by atoms with Crippen LogP contribution in [0.3, 0.4) is 0 Å². The number of thiazole rings is 1. The smallest absolute Gasteiger partial charge is 0.216 e. The maximum Gasteiger partial charge on any atom is 0.216 e. The summed E-state index contributed by atoms with van der Waals surface area (Å²) in [6.07, 6.45) is 1.53. The molecule has 1 heterocycles. The zero-order valence-electron chi connectivity index (χ0n) is 11.3. The molecule has 110 valence electrons. The molecule has 3 nitrogen and oxygen atoms in total. The van der Waals surface area contributed by atoms with E-state index in [1.807, 2.05) is 30.3 Å². The summed E-state index contributed by atoms with van der Waals surface area (Å²) in [4.78, 5) is 4.78. The van der Waals surface area contributed by atoms with Gasteiger partial charge >= 0.3 is 0 Å². The van der Waals surface area contributed by atoms with E-state index in [1.165, 1.54) is 29.7 Å². The van der Waals surface area contributed by atoms with Gasteiger partial charge in [0.1, 0.15) is 10.7 Å². The molecule has 0 spiro atoms. The van der Waals surface area contributed by atoms with Gasteiger partial charge in [-0.2, -0.15) is 0 Å². The first kappa shape index (κ1) is 14.6. The molecular formula is C16H11FN2OS2. The number of aromatic nitrogens is 1. The van der Waals surface area contributed by atoms with Crippen molar-refractivity contribution in [2.24, 2.45) is 4.99 Å². The standard InChI is InChI=1S/C16H11FN2OS2/c17-11-6-8-12(9-7-11)18-10-14-15(20)19(16(21)22-14)13-4-2-1-3-5-13/h1-10,20H. The number of rotatable bonds is 3. The fraction of sp³-hybridized carbons (Fsp3) is 0. The predicted molar refractivity (Wildman–Crippen MR) is 89.8 cm³/mol. The van der Waals surface area contributed by atoms with Crippen molar-refractivity contribution in [2.45, 2.75) is 0 Å². The van der Waals surface area contributed by atoms with Crippen LogP contribution in [0.4, 0.5) is 10.1 Å². The molecular weight excluding hydrogens is 319 g/mol. The number of nitrogens with zero attached hydrogens (tertiary/aromatic N) is 2. The Labute approximate surface area is 135 Å². The summed E-state index contributed by atoms with van der Waals surface area (Å²) in [5.74, 6) is -0.264. The van der Waals surface area contributed by atoms with E-state index in [2.05, 4.69) is 4.99 Å². The lowest BCUT2D eigenvalue weighted by Gasteiger charge is -2.03. The largest absolute Gasteiger partial charge is 0.493 e. The minimum atomic E-state index is -0.312. The molecule has 3 aromatic rings. The molecule has 3 rings (SSSR count). The third-order valence-electron chi connectivity index (χ3n) is 2.98. The molecule has 2 aromatic carbocycles. The van der Waals surface area contributed by atoms with Crippen LogP contribution >= 0.6 is 23.6 Å². The van der Waals surface area contributed by atoms with Gasteiger partial charge in [0.2, 0.25) is 5.88 Å². The van der Waals surface area contributed by atoms with Crippen molar-refractivity contribution >= 4 is 35.5 Å². The van der Waals surface area contributed by atoms with Crippen LogP contribution in [0.5, 0.6) is 5.88 Å². The summed E-state index contributed by atoms with van der Waals surface area (Å²) in [5.41, 5.74) is 1.40. The Bertz CT molecular complexity index is 867. The molecule has 0 amide bonds. The van der Waals surface area contributed by atoms with Gasteiger partial charge in [0.05, 0.1) is 17.6 Å². The van der Waals surface area contributed by atoms with Gasteiger partial charge in [-0.15, -0.1) is 0 Å². The van der Waals surface area contributed by atoms with Crippen LogP contribution in [0.25, 0.3) is 5.69 Å². The molecule has 0 fully saturated rings. The van der Waals surface area contributed by atoms with Crippen molar-refractivity contribution in [3.8, 4) is 11.6 Å². The molecule has 0 bridgehead atoms. The summed E-state index contributed by atoms with van der Waals surface area (Å²) in [6, 6.07) is 15.2. The highest BCUT2D eigenvalue weighted by atomic mass is 32.1. The van der Waals surface area contributed by atoms with E-state index in [1.54, 1.807) is 16.7 Å². The van der Waals surface area contributed by atoms with Gasteiger partial charge < -0.3 is 5.11 Å². The lowest BCUT2D eigenvalue weighted by Crippen LogP contribution is -1.92. The molecule has 0 unspecified atom stereocenters. The zero-order chi connectivity index (χ0) is 15.5. The molecule has 1 N–H and O–H groups in total. The molecule has 0 saturated carbocycles. The summed E-state index contributed by atoms with van der Waals surface area (Å²) in [7, 11) is 0. The van der Waals surface area contributed by atoms with E-state index < -0.39 is 0 Å².